The highest BCUT2D eigenvalue weighted by atomic mass is 16.5. The van der Waals surface area contributed by atoms with Crippen molar-refractivity contribution in [3.05, 3.63) is 29.8 Å². The van der Waals surface area contributed by atoms with E-state index in [1.165, 1.54) is 4.90 Å². The Kier molecular flexibility index (Phi) is 6.52. The van der Waals surface area contributed by atoms with Gasteiger partial charge in [-0.2, -0.15) is 0 Å². The summed E-state index contributed by atoms with van der Waals surface area (Å²) in [6.07, 6.45) is 1.22. The van der Waals surface area contributed by atoms with Crippen LogP contribution in [0.15, 0.2) is 29.4 Å². The van der Waals surface area contributed by atoms with Crippen LogP contribution in [0.3, 0.4) is 0 Å². The van der Waals surface area contributed by atoms with Gasteiger partial charge in [-0.05, 0) is 18.6 Å². The average molecular weight is 279 g/mol. The van der Waals surface area contributed by atoms with Gasteiger partial charge in [-0.3, -0.25) is 4.79 Å². The van der Waals surface area contributed by atoms with Crippen molar-refractivity contribution in [3.63, 3.8) is 0 Å². The van der Waals surface area contributed by atoms with Crippen LogP contribution in [-0.4, -0.2) is 37.2 Å². The van der Waals surface area contributed by atoms with Crippen LogP contribution in [0.4, 0.5) is 5.69 Å². The number of hydrogen-bond donors (Lipinski definition) is 2. The molecule has 0 spiro atoms. The van der Waals surface area contributed by atoms with E-state index in [-0.39, 0.29) is 11.7 Å². The molecule has 0 saturated heterocycles. The molecular formula is C14H21N3O3. The van der Waals surface area contributed by atoms with Gasteiger partial charge < -0.3 is 20.6 Å². The lowest BCUT2D eigenvalue weighted by Crippen LogP contribution is -2.29. The number of oxime groups is 1. The van der Waals surface area contributed by atoms with E-state index in [2.05, 4.69) is 5.16 Å². The number of anilines is 1. The molecule has 1 aromatic rings. The first kappa shape index (κ1) is 16.0. The summed E-state index contributed by atoms with van der Waals surface area (Å²) in [4.78, 5) is 13.6. The number of ether oxygens (including phenoxy) is 1. The van der Waals surface area contributed by atoms with Gasteiger partial charge >= 0.3 is 0 Å². The molecule has 20 heavy (non-hydrogen) atoms. The smallest absolute Gasteiger partial charge is 0.229 e. The topological polar surface area (TPSA) is 88.2 Å². The minimum Gasteiger partial charge on any atom is -0.409 e. The second-order valence-corrected chi connectivity index (χ2v) is 4.32. The highest BCUT2D eigenvalue weighted by Gasteiger charge is 2.15. The molecule has 1 rings (SSSR count). The van der Waals surface area contributed by atoms with E-state index in [0.29, 0.717) is 30.9 Å². The second kappa shape index (κ2) is 8.16. The van der Waals surface area contributed by atoms with Crippen molar-refractivity contribution >= 4 is 17.4 Å². The van der Waals surface area contributed by atoms with Gasteiger partial charge in [0.2, 0.25) is 5.91 Å². The minimum atomic E-state index is -0.0840. The zero-order chi connectivity index (χ0) is 15.0. The number of carbonyl (C=O) groups excluding carboxylic acids is 1. The standard InChI is InChI=1S/C14H21N3O3/c1-3-9-20-10-8-13(18)17(2)12-7-5-4-6-11(12)14(15)16-19/h4-7,19H,3,8-10H2,1-2H3,(H2,15,16). The van der Waals surface area contributed by atoms with Gasteiger partial charge in [0.05, 0.1) is 18.7 Å². The number of rotatable bonds is 7. The van der Waals surface area contributed by atoms with E-state index in [4.69, 9.17) is 15.7 Å². The van der Waals surface area contributed by atoms with E-state index in [1.807, 2.05) is 6.92 Å². The van der Waals surface area contributed by atoms with E-state index >= 15 is 0 Å². The zero-order valence-electron chi connectivity index (χ0n) is 11.9. The molecule has 1 amide bonds. The fourth-order valence-electron chi connectivity index (χ4n) is 1.74. The largest absolute Gasteiger partial charge is 0.409 e. The van der Waals surface area contributed by atoms with Crippen molar-refractivity contribution in [2.45, 2.75) is 19.8 Å². The Morgan fingerprint density at radius 2 is 2.10 bits per heavy atom. The van der Waals surface area contributed by atoms with Gasteiger partial charge in [0.15, 0.2) is 5.84 Å². The average Bonchev–Trinajstić information content (AvgIpc) is 2.49. The predicted octanol–water partition coefficient (Wildman–Crippen LogP) is 1.56. The summed E-state index contributed by atoms with van der Waals surface area (Å²) in [5.74, 6) is -0.109. The van der Waals surface area contributed by atoms with Crippen LogP contribution >= 0.6 is 0 Å². The third kappa shape index (κ3) is 4.24. The van der Waals surface area contributed by atoms with Crippen molar-refractivity contribution in [2.24, 2.45) is 10.9 Å². The van der Waals surface area contributed by atoms with Crippen LogP contribution < -0.4 is 10.6 Å². The SMILES string of the molecule is CCCOCCC(=O)N(C)c1ccccc1/C(N)=N/O. The Morgan fingerprint density at radius 1 is 1.40 bits per heavy atom. The number of hydrogen-bond acceptors (Lipinski definition) is 4. The highest BCUT2D eigenvalue weighted by molar-refractivity contribution is 6.06. The lowest BCUT2D eigenvalue weighted by atomic mass is 10.1. The van der Waals surface area contributed by atoms with Crippen molar-refractivity contribution in [3.8, 4) is 0 Å². The first-order valence-corrected chi connectivity index (χ1v) is 6.53. The third-order valence-electron chi connectivity index (χ3n) is 2.83. The normalized spacial score (nSPS) is 11.4. The maximum Gasteiger partial charge on any atom is 0.229 e. The maximum absolute atomic E-state index is 12.1. The molecule has 0 fully saturated rings. The molecule has 3 N–H and O–H groups in total. The molecule has 0 aliphatic rings. The van der Waals surface area contributed by atoms with Crippen molar-refractivity contribution in [1.82, 2.24) is 0 Å². The number of para-hydroxylation sites is 1. The lowest BCUT2D eigenvalue weighted by Gasteiger charge is -2.20. The van der Waals surface area contributed by atoms with Crippen LogP contribution in [-0.2, 0) is 9.53 Å². The number of amidine groups is 1. The Labute approximate surface area is 118 Å². The second-order valence-electron chi connectivity index (χ2n) is 4.32. The summed E-state index contributed by atoms with van der Waals surface area (Å²) >= 11 is 0. The van der Waals surface area contributed by atoms with Crippen LogP contribution in [0.5, 0.6) is 0 Å². The van der Waals surface area contributed by atoms with Gasteiger partial charge in [0, 0.05) is 19.2 Å². The Bertz CT molecular complexity index is 474. The molecule has 0 aliphatic carbocycles. The van der Waals surface area contributed by atoms with E-state index in [0.717, 1.165) is 6.42 Å². The maximum atomic E-state index is 12.1. The Morgan fingerprint density at radius 3 is 2.75 bits per heavy atom. The van der Waals surface area contributed by atoms with Gasteiger partial charge in [0.25, 0.3) is 0 Å². The minimum absolute atomic E-state index is 0.0255. The summed E-state index contributed by atoms with van der Waals surface area (Å²) in [5, 5.41) is 11.8. The summed E-state index contributed by atoms with van der Waals surface area (Å²) in [6.45, 7) is 3.06. The lowest BCUT2D eigenvalue weighted by molar-refractivity contribution is -0.119. The fraction of sp³-hybridized carbons (Fsp3) is 0.429. The molecule has 0 saturated carbocycles. The Hall–Kier alpha value is -2.08. The summed E-state index contributed by atoms with van der Waals surface area (Å²) in [6, 6.07) is 7.00. The molecule has 1 aromatic carbocycles. The number of nitrogens with two attached hydrogens (primary N) is 1. The summed E-state index contributed by atoms with van der Waals surface area (Å²) in [5.41, 5.74) is 6.72. The molecular weight excluding hydrogens is 258 g/mol. The first-order chi connectivity index (χ1) is 9.61. The molecule has 6 nitrogen and oxygen atoms in total. The number of carbonyl (C=O) groups is 1. The number of benzene rings is 1. The predicted molar refractivity (Wildman–Crippen MR) is 78.1 cm³/mol. The molecule has 0 bridgehead atoms. The van der Waals surface area contributed by atoms with E-state index in [1.54, 1.807) is 31.3 Å². The van der Waals surface area contributed by atoms with Gasteiger partial charge in [-0.25, -0.2) is 0 Å². The molecule has 110 valence electrons. The van der Waals surface area contributed by atoms with E-state index in [9.17, 15) is 4.79 Å². The van der Waals surface area contributed by atoms with Crippen LogP contribution in [0.1, 0.15) is 25.3 Å². The number of nitrogens with zero attached hydrogens (tertiary/aromatic N) is 2. The van der Waals surface area contributed by atoms with Crippen LogP contribution in [0.25, 0.3) is 0 Å². The molecule has 0 radical (unpaired) electrons. The van der Waals surface area contributed by atoms with Gasteiger partial charge in [-0.1, -0.05) is 24.2 Å². The monoisotopic (exact) mass is 279 g/mol. The number of amides is 1. The zero-order valence-corrected chi connectivity index (χ0v) is 11.9. The fourth-order valence-corrected chi connectivity index (χ4v) is 1.74. The van der Waals surface area contributed by atoms with Crippen molar-refractivity contribution in [2.75, 3.05) is 25.2 Å². The summed E-state index contributed by atoms with van der Waals surface area (Å²) in [7, 11) is 1.66. The summed E-state index contributed by atoms with van der Waals surface area (Å²) < 4.78 is 5.30. The first-order valence-electron chi connectivity index (χ1n) is 6.53. The molecule has 0 aliphatic heterocycles. The highest BCUT2D eigenvalue weighted by Crippen LogP contribution is 2.19. The van der Waals surface area contributed by atoms with Gasteiger partial charge in [0.1, 0.15) is 0 Å². The van der Waals surface area contributed by atoms with E-state index < -0.39 is 0 Å². The van der Waals surface area contributed by atoms with Crippen molar-refractivity contribution < 1.29 is 14.7 Å². The molecule has 0 aromatic heterocycles. The molecule has 6 heteroatoms. The molecule has 0 unspecified atom stereocenters. The Balaban J connectivity index is 2.76. The molecule has 0 heterocycles. The van der Waals surface area contributed by atoms with Crippen LogP contribution in [0.2, 0.25) is 0 Å². The quantitative estimate of drug-likeness (QED) is 0.261. The van der Waals surface area contributed by atoms with Crippen LogP contribution in [0, 0.1) is 0 Å². The third-order valence-corrected chi connectivity index (χ3v) is 2.83. The molecule has 0 atom stereocenters. The van der Waals surface area contributed by atoms with Crippen molar-refractivity contribution in [1.29, 1.82) is 0 Å². The van der Waals surface area contributed by atoms with Gasteiger partial charge in [-0.15, -0.1) is 0 Å².